The quantitative estimate of drug-likeness (QED) is 0.523. The minimum atomic E-state index is -0.715. The van der Waals surface area contributed by atoms with Gasteiger partial charge in [0, 0.05) is 11.0 Å². The van der Waals surface area contributed by atoms with Crippen LogP contribution in [-0.4, -0.2) is 27.5 Å². The lowest BCUT2D eigenvalue weighted by molar-refractivity contribution is -0.481. The van der Waals surface area contributed by atoms with Gasteiger partial charge in [0.15, 0.2) is 0 Å². The van der Waals surface area contributed by atoms with Crippen molar-refractivity contribution in [2.75, 3.05) is 23.3 Å². The van der Waals surface area contributed by atoms with E-state index in [9.17, 15) is 14.5 Å². The summed E-state index contributed by atoms with van der Waals surface area (Å²) in [6, 6.07) is 5.78. The van der Waals surface area contributed by atoms with Crippen molar-refractivity contribution >= 4 is 17.6 Å². The predicted molar refractivity (Wildman–Crippen MR) is 101 cm³/mol. The first kappa shape index (κ1) is 18.8. The van der Waals surface area contributed by atoms with Crippen LogP contribution in [0.15, 0.2) is 24.3 Å². The highest BCUT2D eigenvalue weighted by molar-refractivity contribution is 5.62. The molecule has 144 valence electrons. The predicted octanol–water partition coefficient (Wildman–Crippen LogP) is 2.93. The largest absolute Gasteiger partial charge is 0.383 e. The fourth-order valence-electron chi connectivity index (χ4n) is 3.61. The summed E-state index contributed by atoms with van der Waals surface area (Å²) in [4.78, 5) is 19.2. The van der Waals surface area contributed by atoms with E-state index in [0.717, 1.165) is 25.7 Å². The zero-order valence-corrected chi connectivity index (χ0v) is 14.9. The molecule has 5 N–H and O–H groups in total. The second-order valence-corrected chi connectivity index (χ2v) is 6.83. The van der Waals surface area contributed by atoms with Crippen LogP contribution in [0.1, 0.15) is 49.1 Å². The fraction of sp³-hybridized carbons (Fsp3) is 0.444. The molecule has 0 radical (unpaired) electrons. The molecule has 1 fully saturated rings. The number of benzene rings is 1. The van der Waals surface area contributed by atoms with Crippen LogP contribution >= 0.6 is 0 Å². The Bertz CT molecular complexity index is 808. The molecule has 0 amide bonds. The van der Waals surface area contributed by atoms with Gasteiger partial charge < -0.3 is 16.8 Å². The van der Waals surface area contributed by atoms with Gasteiger partial charge >= 0.3 is 0 Å². The summed E-state index contributed by atoms with van der Waals surface area (Å²) < 4.78 is 13.3. The highest BCUT2D eigenvalue weighted by atomic mass is 19.1. The summed E-state index contributed by atoms with van der Waals surface area (Å²) in [6.45, 7) is -0.414. The maximum absolute atomic E-state index is 13.3. The Kier molecular flexibility index (Phi) is 5.68. The van der Waals surface area contributed by atoms with Gasteiger partial charge in [-0.3, -0.25) is 10.1 Å². The number of aromatic nitrogens is 2. The number of nitro groups is 1. The van der Waals surface area contributed by atoms with Gasteiger partial charge in [0.05, 0.1) is 11.5 Å². The smallest absolute Gasteiger partial charge is 0.223 e. The molecule has 1 unspecified atom stereocenters. The van der Waals surface area contributed by atoms with Crippen molar-refractivity contribution in [3.63, 3.8) is 0 Å². The molecule has 1 aliphatic rings. The fourth-order valence-corrected chi connectivity index (χ4v) is 3.61. The first-order valence-corrected chi connectivity index (χ1v) is 9.00. The van der Waals surface area contributed by atoms with Crippen LogP contribution in [0.3, 0.4) is 0 Å². The van der Waals surface area contributed by atoms with Crippen LogP contribution in [0.4, 0.5) is 22.0 Å². The van der Waals surface area contributed by atoms with E-state index in [4.69, 9.17) is 11.5 Å². The van der Waals surface area contributed by atoms with Crippen LogP contribution < -0.4 is 16.8 Å². The molecule has 2 aromatic rings. The Labute approximate surface area is 156 Å². The normalized spacial score (nSPS) is 16.0. The molecule has 1 saturated carbocycles. The Balaban J connectivity index is 2.04. The van der Waals surface area contributed by atoms with Gasteiger partial charge in [-0.1, -0.05) is 31.4 Å². The molecule has 1 heterocycles. The minimum Gasteiger partial charge on any atom is -0.383 e. The van der Waals surface area contributed by atoms with Crippen molar-refractivity contribution < 1.29 is 9.31 Å². The summed E-state index contributed by atoms with van der Waals surface area (Å²) in [6.07, 6.45) is 5.39. The lowest BCUT2D eigenvalue weighted by atomic mass is 9.90. The van der Waals surface area contributed by atoms with Gasteiger partial charge in [-0.25, -0.2) is 4.39 Å². The SMILES string of the molecule is Nc1nc(N)c(C(C[N+](=O)[O-])c2ccc(F)cc2)c(NC2CCCCC2)n1. The van der Waals surface area contributed by atoms with E-state index >= 15 is 0 Å². The second-order valence-electron chi connectivity index (χ2n) is 6.83. The van der Waals surface area contributed by atoms with Crippen molar-refractivity contribution in [3.05, 3.63) is 51.3 Å². The van der Waals surface area contributed by atoms with Crippen molar-refractivity contribution in [2.45, 2.75) is 44.1 Å². The van der Waals surface area contributed by atoms with E-state index in [1.54, 1.807) is 0 Å². The van der Waals surface area contributed by atoms with Gasteiger partial charge in [0.2, 0.25) is 12.5 Å². The van der Waals surface area contributed by atoms with E-state index in [-0.39, 0.29) is 17.8 Å². The molecular weight excluding hydrogens is 351 g/mol. The van der Waals surface area contributed by atoms with E-state index < -0.39 is 23.2 Å². The minimum absolute atomic E-state index is 0.00789. The summed E-state index contributed by atoms with van der Waals surface area (Å²) in [5.74, 6) is -0.610. The summed E-state index contributed by atoms with van der Waals surface area (Å²) in [5, 5.41) is 14.7. The van der Waals surface area contributed by atoms with Gasteiger partial charge in [0.25, 0.3) is 0 Å². The third kappa shape index (κ3) is 4.60. The number of hydrogen-bond acceptors (Lipinski definition) is 7. The maximum Gasteiger partial charge on any atom is 0.223 e. The van der Waals surface area contributed by atoms with Crippen molar-refractivity contribution in [3.8, 4) is 0 Å². The molecule has 0 saturated heterocycles. The van der Waals surface area contributed by atoms with Crippen LogP contribution in [0, 0.1) is 15.9 Å². The Morgan fingerprint density at radius 2 is 1.85 bits per heavy atom. The van der Waals surface area contributed by atoms with E-state index in [1.807, 2.05) is 0 Å². The first-order chi connectivity index (χ1) is 12.9. The molecule has 8 nitrogen and oxygen atoms in total. The van der Waals surface area contributed by atoms with Crippen molar-refractivity contribution in [1.82, 2.24) is 9.97 Å². The average molecular weight is 374 g/mol. The molecule has 1 aromatic carbocycles. The number of anilines is 3. The second kappa shape index (κ2) is 8.15. The summed E-state index contributed by atoms with van der Waals surface area (Å²) >= 11 is 0. The molecule has 27 heavy (non-hydrogen) atoms. The number of nitrogen functional groups attached to an aromatic ring is 2. The molecule has 1 atom stereocenters. The van der Waals surface area contributed by atoms with Crippen LogP contribution in [0.2, 0.25) is 0 Å². The molecule has 0 spiro atoms. The van der Waals surface area contributed by atoms with Crippen LogP contribution in [0.5, 0.6) is 0 Å². The Morgan fingerprint density at radius 3 is 2.48 bits per heavy atom. The third-order valence-corrected chi connectivity index (χ3v) is 4.89. The zero-order chi connectivity index (χ0) is 19.4. The van der Waals surface area contributed by atoms with E-state index in [1.165, 1.54) is 30.7 Å². The molecule has 3 rings (SSSR count). The molecule has 9 heteroatoms. The number of halogens is 1. The lowest BCUT2D eigenvalue weighted by Crippen LogP contribution is -2.26. The number of hydrogen-bond donors (Lipinski definition) is 3. The zero-order valence-electron chi connectivity index (χ0n) is 14.9. The number of nitrogens with two attached hydrogens (primary N) is 2. The van der Waals surface area contributed by atoms with Crippen LogP contribution in [-0.2, 0) is 0 Å². The average Bonchev–Trinajstić information content (AvgIpc) is 2.61. The number of rotatable bonds is 6. The first-order valence-electron chi connectivity index (χ1n) is 9.00. The van der Waals surface area contributed by atoms with Gasteiger partial charge in [0.1, 0.15) is 17.5 Å². The molecule has 0 bridgehead atoms. The molecule has 1 aromatic heterocycles. The summed E-state index contributed by atoms with van der Waals surface area (Å²) in [7, 11) is 0. The van der Waals surface area contributed by atoms with Gasteiger partial charge in [-0.05, 0) is 30.5 Å². The maximum atomic E-state index is 13.3. The van der Waals surface area contributed by atoms with E-state index in [2.05, 4.69) is 15.3 Å². The third-order valence-electron chi connectivity index (χ3n) is 4.89. The topological polar surface area (TPSA) is 133 Å². The van der Waals surface area contributed by atoms with Gasteiger partial charge in [-0.15, -0.1) is 0 Å². The highest BCUT2D eigenvalue weighted by Crippen LogP contribution is 2.35. The lowest BCUT2D eigenvalue weighted by Gasteiger charge is -2.26. The van der Waals surface area contributed by atoms with Crippen LogP contribution in [0.25, 0.3) is 0 Å². The molecule has 1 aliphatic carbocycles. The number of nitrogens with one attached hydrogen (secondary N) is 1. The highest BCUT2D eigenvalue weighted by Gasteiger charge is 2.29. The summed E-state index contributed by atoms with van der Waals surface area (Å²) in [5.41, 5.74) is 12.9. The Morgan fingerprint density at radius 1 is 1.19 bits per heavy atom. The number of nitrogens with zero attached hydrogens (tertiary/aromatic N) is 3. The monoisotopic (exact) mass is 374 g/mol. The molecule has 0 aliphatic heterocycles. The Hall–Kier alpha value is -2.97. The van der Waals surface area contributed by atoms with E-state index in [0.29, 0.717) is 16.9 Å². The molecular formula is C18H23FN6O2. The van der Waals surface area contributed by atoms with Crippen molar-refractivity contribution in [2.24, 2.45) is 0 Å². The van der Waals surface area contributed by atoms with Crippen molar-refractivity contribution in [1.29, 1.82) is 0 Å². The van der Waals surface area contributed by atoms with Gasteiger partial charge in [-0.2, -0.15) is 9.97 Å². The standard InChI is InChI=1S/C18H23FN6O2/c19-12-8-6-11(7-9-12)14(10-25(26)27)15-16(20)23-18(21)24-17(15)22-13-4-2-1-3-5-13/h6-9,13-14H,1-5,10H2,(H5,20,21,22,23,24).